The highest BCUT2D eigenvalue weighted by molar-refractivity contribution is 5.57. The number of hydrogen-bond donors (Lipinski definition) is 0. The summed E-state index contributed by atoms with van der Waals surface area (Å²) in [6.45, 7) is 2.12. The molecule has 0 fully saturated rings. The van der Waals surface area contributed by atoms with Gasteiger partial charge in [0.1, 0.15) is 11.8 Å². The molecule has 0 saturated carbocycles. The van der Waals surface area contributed by atoms with Gasteiger partial charge in [-0.3, -0.25) is 0 Å². The minimum absolute atomic E-state index is 0.238. The molecule has 120 valence electrons. The van der Waals surface area contributed by atoms with E-state index in [2.05, 4.69) is 27.0 Å². The van der Waals surface area contributed by atoms with Crippen molar-refractivity contribution in [2.75, 3.05) is 0 Å². The van der Waals surface area contributed by atoms with Gasteiger partial charge in [0.05, 0.1) is 12.4 Å². The number of unbranched alkanes of at least 4 members (excludes halogenated alkanes) is 1. The van der Waals surface area contributed by atoms with Gasteiger partial charge in [0.15, 0.2) is 5.69 Å². The molecule has 0 aliphatic rings. The van der Waals surface area contributed by atoms with Gasteiger partial charge in [-0.15, -0.1) is 0 Å². The molecule has 7 nitrogen and oxygen atoms in total. The van der Waals surface area contributed by atoms with Crippen LogP contribution in [0.15, 0.2) is 41.2 Å². The third-order valence-electron chi connectivity index (χ3n) is 3.27. The Kier molecular flexibility index (Phi) is 4.77. The van der Waals surface area contributed by atoms with E-state index in [0.29, 0.717) is 23.3 Å². The summed E-state index contributed by atoms with van der Waals surface area (Å²) in [6.07, 6.45) is 5.64. The molecule has 0 radical (unpaired) electrons. The van der Waals surface area contributed by atoms with Gasteiger partial charge in [-0.05, 0) is 18.6 Å². The van der Waals surface area contributed by atoms with Crippen LogP contribution in [-0.2, 0) is 6.42 Å². The van der Waals surface area contributed by atoms with Crippen molar-refractivity contribution in [3.63, 3.8) is 0 Å². The first kappa shape index (κ1) is 15.6. The molecule has 0 aliphatic carbocycles. The van der Waals surface area contributed by atoms with Gasteiger partial charge in [0, 0.05) is 12.0 Å². The van der Waals surface area contributed by atoms with E-state index in [1.807, 2.05) is 18.2 Å². The molecule has 0 saturated heterocycles. The lowest BCUT2D eigenvalue weighted by atomic mass is 10.2. The molecule has 7 heteroatoms. The highest BCUT2D eigenvalue weighted by atomic mass is 16.5. The van der Waals surface area contributed by atoms with Crippen molar-refractivity contribution in [1.29, 1.82) is 5.26 Å². The van der Waals surface area contributed by atoms with Crippen LogP contribution in [0.5, 0.6) is 11.6 Å². The van der Waals surface area contributed by atoms with Crippen LogP contribution in [-0.4, -0.2) is 20.1 Å². The van der Waals surface area contributed by atoms with Gasteiger partial charge in [0.25, 0.3) is 0 Å². The largest absolute Gasteiger partial charge is 0.437 e. The Morgan fingerprint density at radius 1 is 1.25 bits per heavy atom. The molecule has 24 heavy (non-hydrogen) atoms. The van der Waals surface area contributed by atoms with Crippen LogP contribution in [0.1, 0.15) is 31.4 Å². The van der Waals surface area contributed by atoms with E-state index in [1.165, 1.54) is 12.4 Å². The number of nitrogens with zero attached hydrogens (tertiary/aromatic N) is 5. The fraction of sp³-hybridized carbons (Fsp3) is 0.235. The zero-order valence-electron chi connectivity index (χ0n) is 13.1. The summed E-state index contributed by atoms with van der Waals surface area (Å²) < 4.78 is 10.9. The number of aromatic nitrogens is 4. The highest BCUT2D eigenvalue weighted by Crippen LogP contribution is 2.25. The summed E-state index contributed by atoms with van der Waals surface area (Å²) in [5.74, 6) is 2.04. The smallest absolute Gasteiger partial charge is 0.237 e. The third kappa shape index (κ3) is 3.73. The first-order valence-electron chi connectivity index (χ1n) is 7.61. The molecule has 1 aromatic carbocycles. The highest BCUT2D eigenvalue weighted by Gasteiger charge is 2.10. The van der Waals surface area contributed by atoms with Gasteiger partial charge in [-0.25, -0.2) is 9.97 Å². The minimum atomic E-state index is 0.238. The average Bonchev–Trinajstić information content (AvgIpc) is 3.10. The Balaban J connectivity index is 1.76. The lowest BCUT2D eigenvalue weighted by Gasteiger charge is -2.04. The quantitative estimate of drug-likeness (QED) is 0.684. The van der Waals surface area contributed by atoms with E-state index >= 15 is 0 Å². The van der Waals surface area contributed by atoms with Crippen molar-refractivity contribution in [1.82, 2.24) is 20.1 Å². The maximum absolute atomic E-state index is 8.72. The molecule has 0 amide bonds. The van der Waals surface area contributed by atoms with Crippen molar-refractivity contribution in [3.05, 3.63) is 48.2 Å². The van der Waals surface area contributed by atoms with E-state index < -0.39 is 0 Å². The fourth-order valence-corrected chi connectivity index (χ4v) is 2.05. The molecule has 3 aromatic rings. The summed E-state index contributed by atoms with van der Waals surface area (Å²) >= 11 is 0. The second kappa shape index (κ2) is 7.33. The SMILES string of the molecule is CCCCc1nc(-c2cccc(Oc3cnc(C#N)cn3)c2)no1. The molecule has 2 aromatic heterocycles. The van der Waals surface area contributed by atoms with Gasteiger partial charge >= 0.3 is 0 Å². The summed E-state index contributed by atoms with van der Waals surface area (Å²) in [5, 5.41) is 12.7. The molecular weight excluding hydrogens is 306 g/mol. The number of nitriles is 1. The van der Waals surface area contributed by atoms with Crippen LogP contribution in [0, 0.1) is 11.3 Å². The first-order chi connectivity index (χ1) is 11.8. The molecule has 0 atom stereocenters. The van der Waals surface area contributed by atoms with Gasteiger partial charge in [-0.2, -0.15) is 10.2 Å². The number of hydrogen-bond acceptors (Lipinski definition) is 7. The molecule has 0 spiro atoms. The van der Waals surface area contributed by atoms with E-state index in [-0.39, 0.29) is 5.69 Å². The predicted molar refractivity (Wildman–Crippen MR) is 85.2 cm³/mol. The van der Waals surface area contributed by atoms with Gasteiger partial charge in [0.2, 0.25) is 17.6 Å². The Labute approximate surface area is 139 Å². The van der Waals surface area contributed by atoms with Crippen LogP contribution in [0.4, 0.5) is 0 Å². The molecule has 3 rings (SSSR count). The molecule has 0 bridgehead atoms. The maximum atomic E-state index is 8.72. The molecule has 0 unspecified atom stereocenters. The van der Waals surface area contributed by atoms with Crippen LogP contribution >= 0.6 is 0 Å². The minimum Gasteiger partial charge on any atom is -0.437 e. The molecule has 0 N–H and O–H groups in total. The van der Waals surface area contributed by atoms with Crippen LogP contribution in [0.2, 0.25) is 0 Å². The van der Waals surface area contributed by atoms with E-state index in [0.717, 1.165) is 24.8 Å². The zero-order chi connectivity index (χ0) is 16.8. The third-order valence-corrected chi connectivity index (χ3v) is 3.27. The van der Waals surface area contributed by atoms with Crippen LogP contribution in [0.25, 0.3) is 11.4 Å². The Morgan fingerprint density at radius 3 is 2.92 bits per heavy atom. The number of aryl methyl sites for hydroxylation is 1. The maximum Gasteiger partial charge on any atom is 0.237 e. The number of benzene rings is 1. The average molecular weight is 321 g/mol. The fourth-order valence-electron chi connectivity index (χ4n) is 2.05. The van der Waals surface area contributed by atoms with Gasteiger partial charge in [-0.1, -0.05) is 30.6 Å². The molecule has 0 aliphatic heterocycles. The Hall–Kier alpha value is -3.27. The second-order valence-electron chi connectivity index (χ2n) is 5.10. The van der Waals surface area contributed by atoms with Crippen molar-refractivity contribution < 1.29 is 9.26 Å². The van der Waals surface area contributed by atoms with Crippen molar-refractivity contribution in [2.24, 2.45) is 0 Å². The van der Waals surface area contributed by atoms with Gasteiger partial charge < -0.3 is 9.26 Å². The monoisotopic (exact) mass is 321 g/mol. The van der Waals surface area contributed by atoms with E-state index in [9.17, 15) is 0 Å². The molecule has 2 heterocycles. The second-order valence-corrected chi connectivity index (χ2v) is 5.10. The molecular formula is C17H15N5O2. The number of ether oxygens (including phenoxy) is 1. The van der Waals surface area contributed by atoms with Crippen molar-refractivity contribution >= 4 is 0 Å². The van der Waals surface area contributed by atoms with E-state index in [4.69, 9.17) is 14.5 Å². The lowest BCUT2D eigenvalue weighted by Crippen LogP contribution is -1.91. The normalized spacial score (nSPS) is 10.3. The zero-order valence-corrected chi connectivity index (χ0v) is 13.1. The summed E-state index contributed by atoms with van der Waals surface area (Å²) in [4.78, 5) is 12.3. The Morgan fingerprint density at radius 2 is 2.17 bits per heavy atom. The van der Waals surface area contributed by atoms with Crippen molar-refractivity contribution in [2.45, 2.75) is 26.2 Å². The lowest BCUT2D eigenvalue weighted by molar-refractivity contribution is 0.375. The summed E-state index contributed by atoms with van der Waals surface area (Å²) in [6, 6.07) is 9.22. The first-order valence-corrected chi connectivity index (χ1v) is 7.61. The Bertz CT molecular complexity index is 852. The van der Waals surface area contributed by atoms with Crippen LogP contribution in [0.3, 0.4) is 0 Å². The number of rotatable bonds is 6. The topological polar surface area (TPSA) is 97.7 Å². The predicted octanol–water partition coefficient (Wildman–Crippen LogP) is 3.53. The van der Waals surface area contributed by atoms with E-state index in [1.54, 1.807) is 12.1 Å². The summed E-state index contributed by atoms with van der Waals surface area (Å²) in [5.41, 5.74) is 1.03. The summed E-state index contributed by atoms with van der Waals surface area (Å²) in [7, 11) is 0. The van der Waals surface area contributed by atoms with Crippen LogP contribution < -0.4 is 4.74 Å². The standard InChI is InChI=1S/C17H15N5O2/c1-2-3-7-15-21-17(22-24-15)12-5-4-6-14(8-12)23-16-11-19-13(9-18)10-20-16/h4-6,8,10-11H,2-3,7H2,1H3. The van der Waals surface area contributed by atoms with Crippen molar-refractivity contribution in [3.8, 4) is 29.1 Å².